The first-order valence-corrected chi connectivity index (χ1v) is 9.78. The standard InChI is InChI=1S/C14H14O2.HIO3S/c1-15-13-10-6-9-12(14(13)16-2)11-7-4-3-5-8-11;1-5(2,3)4/h3-10H,1-2H3;(H,2,3,4). The Morgan fingerprint density at radius 2 is 1.52 bits per heavy atom. The van der Waals surface area contributed by atoms with E-state index in [0.29, 0.717) is 0 Å². The summed E-state index contributed by atoms with van der Waals surface area (Å²) in [5.41, 5.74) is 2.17. The molecule has 5 nitrogen and oxygen atoms in total. The summed E-state index contributed by atoms with van der Waals surface area (Å²) in [4.78, 5) is 0. The van der Waals surface area contributed by atoms with Gasteiger partial charge >= 0.3 is 7.29 Å². The van der Waals surface area contributed by atoms with E-state index in [1.54, 1.807) is 14.2 Å². The molecule has 0 aliphatic rings. The van der Waals surface area contributed by atoms with Crippen molar-refractivity contribution in [3.63, 3.8) is 0 Å². The van der Waals surface area contributed by atoms with Gasteiger partial charge in [0.1, 0.15) is 21.2 Å². The lowest BCUT2D eigenvalue weighted by atomic mass is 10.0. The highest BCUT2D eigenvalue weighted by molar-refractivity contribution is 14.2. The van der Waals surface area contributed by atoms with Gasteiger partial charge in [-0.05, 0) is 11.6 Å². The predicted octanol–water partition coefficient (Wildman–Crippen LogP) is 3.60. The summed E-state index contributed by atoms with van der Waals surface area (Å²) in [5, 5.41) is 0. The summed E-state index contributed by atoms with van der Waals surface area (Å²) >= 11 is 0.905. The molecule has 0 atom stereocenters. The molecule has 0 aliphatic heterocycles. The number of hydrogen-bond acceptors (Lipinski definition) is 4. The summed E-state index contributed by atoms with van der Waals surface area (Å²) in [7, 11) is -0.394. The molecular formula is C14H15IO5S. The van der Waals surface area contributed by atoms with Gasteiger partial charge in [0.05, 0.1) is 14.2 Å². The van der Waals surface area contributed by atoms with Crippen molar-refractivity contribution in [2.45, 2.75) is 0 Å². The molecule has 2 aromatic rings. The molecule has 0 aliphatic carbocycles. The summed E-state index contributed by atoms with van der Waals surface area (Å²) in [6.45, 7) is 0. The maximum Gasteiger partial charge on any atom is 0.318 e. The normalized spacial score (nSPS) is 10.3. The van der Waals surface area contributed by atoms with Gasteiger partial charge in [0.25, 0.3) is 0 Å². The quantitative estimate of drug-likeness (QED) is 0.465. The molecule has 1 N–H and O–H groups in total. The molecule has 2 rings (SSSR count). The largest absolute Gasteiger partial charge is 0.493 e. The lowest BCUT2D eigenvalue weighted by Gasteiger charge is -2.12. The van der Waals surface area contributed by atoms with E-state index in [1.165, 1.54) is 0 Å². The lowest BCUT2D eigenvalue weighted by Crippen LogP contribution is -1.92. The van der Waals surface area contributed by atoms with Gasteiger partial charge in [-0.25, -0.2) is 0 Å². The minimum Gasteiger partial charge on any atom is -0.493 e. The second-order valence-corrected chi connectivity index (χ2v) is 7.98. The molecule has 0 saturated carbocycles. The van der Waals surface area contributed by atoms with E-state index in [9.17, 15) is 8.42 Å². The van der Waals surface area contributed by atoms with E-state index in [0.717, 1.165) is 43.8 Å². The van der Waals surface area contributed by atoms with Crippen molar-refractivity contribution in [2.75, 3.05) is 14.2 Å². The van der Waals surface area contributed by atoms with Gasteiger partial charge in [-0.1, -0.05) is 42.5 Å². The minimum absolute atomic E-state index is 0.754. The lowest BCUT2D eigenvalue weighted by molar-refractivity contribution is 0.356. The zero-order valence-electron chi connectivity index (χ0n) is 11.5. The SMILES string of the molecule is COc1cccc(-c2ccccc2)c1OC.O=S(=O)(O)I. The Bertz CT molecular complexity index is 663. The zero-order chi connectivity index (χ0) is 15.9. The molecule has 0 spiro atoms. The number of methoxy groups -OCH3 is 2. The zero-order valence-corrected chi connectivity index (χ0v) is 14.5. The maximum absolute atomic E-state index is 9.17. The van der Waals surface area contributed by atoms with Gasteiger partial charge in [-0.15, -0.1) is 0 Å². The maximum atomic E-state index is 9.17. The Labute approximate surface area is 136 Å². The van der Waals surface area contributed by atoms with Crippen LogP contribution >= 0.6 is 21.2 Å². The van der Waals surface area contributed by atoms with Gasteiger partial charge in [0, 0.05) is 5.56 Å². The van der Waals surface area contributed by atoms with E-state index in [2.05, 4.69) is 12.1 Å². The minimum atomic E-state index is -3.70. The smallest absolute Gasteiger partial charge is 0.318 e. The molecule has 0 aromatic heterocycles. The van der Waals surface area contributed by atoms with Crippen molar-refractivity contribution in [2.24, 2.45) is 0 Å². The van der Waals surface area contributed by atoms with E-state index in [1.807, 2.05) is 36.4 Å². The van der Waals surface area contributed by atoms with Crippen LogP contribution in [0.15, 0.2) is 48.5 Å². The molecular weight excluding hydrogens is 407 g/mol. The van der Waals surface area contributed by atoms with E-state index in [4.69, 9.17) is 14.0 Å². The van der Waals surface area contributed by atoms with Crippen LogP contribution in [-0.2, 0) is 7.29 Å². The molecule has 2 aromatic carbocycles. The Kier molecular flexibility index (Phi) is 6.93. The third-order valence-corrected chi connectivity index (χ3v) is 2.49. The summed E-state index contributed by atoms with van der Waals surface area (Å²) in [6, 6.07) is 16.0. The van der Waals surface area contributed by atoms with Crippen molar-refractivity contribution in [1.29, 1.82) is 0 Å². The third-order valence-electron chi connectivity index (χ3n) is 2.49. The van der Waals surface area contributed by atoms with E-state index < -0.39 is 7.29 Å². The second kappa shape index (κ2) is 8.20. The van der Waals surface area contributed by atoms with Crippen molar-refractivity contribution in [3.8, 4) is 22.6 Å². The molecule has 0 bridgehead atoms. The molecule has 21 heavy (non-hydrogen) atoms. The van der Waals surface area contributed by atoms with Crippen LogP contribution in [0.1, 0.15) is 0 Å². The van der Waals surface area contributed by atoms with Crippen LogP contribution in [-0.4, -0.2) is 27.2 Å². The third kappa shape index (κ3) is 6.32. The molecule has 0 fully saturated rings. The van der Waals surface area contributed by atoms with E-state index >= 15 is 0 Å². The number of halogens is 1. The highest BCUT2D eigenvalue weighted by Crippen LogP contribution is 2.37. The highest BCUT2D eigenvalue weighted by atomic mass is 127. The van der Waals surface area contributed by atoms with Gasteiger partial charge in [0.2, 0.25) is 0 Å². The number of hydrogen-bond donors (Lipinski definition) is 1. The molecule has 0 saturated heterocycles. The van der Waals surface area contributed by atoms with Gasteiger partial charge in [0.15, 0.2) is 11.5 Å². The molecule has 0 heterocycles. The Morgan fingerprint density at radius 1 is 0.952 bits per heavy atom. The van der Waals surface area contributed by atoms with Crippen LogP contribution < -0.4 is 9.47 Å². The van der Waals surface area contributed by atoms with Crippen LogP contribution in [0.2, 0.25) is 0 Å². The molecule has 7 heteroatoms. The van der Waals surface area contributed by atoms with Crippen LogP contribution in [0.25, 0.3) is 11.1 Å². The number of ether oxygens (including phenoxy) is 2. The van der Waals surface area contributed by atoms with Gasteiger partial charge in [-0.2, -0.15) is 8.42 Å². The molecule has 0 unspecified atom stereocenters. The Hall–Kier alpha value is -1.32. The Morgan fingerprint density at radius 3 is 2.00 bits per heavy atom. The van der Waals surface area contributed by atoms with E-state index in [-0.39, 0.29) is 0 Å². The first kappa shape index (κ1) is 17.7. The highest BCUT2D eigenvalue weighted by Gasteiger charge is 2.10. The predicted molar refractivity (Wildman–Crippen MR) is 90.6 cm³/mol. The van der Waals surface area contributed by atoms with Gasteiger partial charge < -0.3 is 9.47 Å². The van der Waals surface area contributed by atoms with Gasteiger partial charge in [-0.3, -0.25) is 4.55 Å². The van der Waals surface area contributed by atoms with Crippen LogP contribution in [0.4, 0.5) is 0 Å². The van der Waals surface area contributed by atoms with Crippen molar-refractivity contribution in [1.82, 2.24) is 0 Å². The van der Waals surface area contributed by atoms with Crippen LogP contribution in [0.5, 0.6) is 11.5 Å². The summed E-state index contributed by atoms with van der Waals surface area (Å²) in [5.74, 6) is 1.53. The second-order valence-electron chi connectivity index (χ2n) is 3.82. The van der Waals surface area contributed by atoms with Crippen molar-refractivity contribution >= 4 is 28.5 Å². The fraction of sp³-hybridized carbons (Fsp3) is 0.143. The molecule has 0 amide bonds. The monoisotopic (exact) mass is 422 g/mol. The molecule has 114 valence electrons. The van der Waals surface area contributed by atoms with Crippen molar-refractivity contribution < 1.29 is 22.4 Å². The number of benzene rings is 2. The first-order valence-electron chi connectivity index (χ1n) is 5.80. The summed E-state index contributed by atoms with van der Waals surface area (Å²) in [6.07, 6.45) is 0. The van der Waals surface area contributed by atoms with Crippen molar-refractivity contribution in [3.05, 3.63) is 48.5 Å². The topological polar surface area (TPSA) is 72.8 Å². The average Bonchev–Trinajstić information content (AvgIpc) is 2.45. The fourth-order valence-corrected chi connectivity index (χ4v) is 1.73. The fourth-order valence-electron chi connectivity index (χ4n) is 1.73. The summed E-state index contributed by atoms with van der Waals surface area (Å²) < 4.78 is 36.5. The van der Waals surface area contributed by atoms with Crippen LogP contribution in [0.3, 0.4) is 0 Å². The molecule has 0 radical (unpaired) electrons. The average molecular weight is 422 g/mol. The Balaban J connectivity index is 0.000000383. The first-order chi connectivity index (χ1) is 9.86. The number of para-hydroxylation sites is 1. The van der Waals surface area contributed by atoms with Crippen LogP contribution in [0, 0.1) is 0 Å². The number of rotatable bonds is 3.